The van der Waals surface area contributed by atoms with Crippen molar-refractivity contribution in [1.82, 2.24) is 4.90 Å². The topological polar surface area (TPSA) is 103 Å². The van der Waals surface area contributed by atoms with Crippen LogP contribution in [0.2, 0.25) is 0 Å². The molecule has 1 aliphatic heterocycles. The number of hydrogen-bond acceptors (Lipinski definition) is 7. The monoisotopic (exact) mass is 423 g/mol. The first-order valence-corrected chi connectivity index (χ1v) is 11.8. The molecule has 0 radical (unpaired) electrons. The van der Waals surface area contributed by atoms with Gasteiger partial charge in [-0.25, -0.2) is 0 Å². The minimum Gasteiger partial charge on any atom is -0.396 e. The molecule has 170 valence electrons. The van der Waals surface area contributed by atoms with E-state index in [4.69, 9.17) is 9.47 Å². The molecule has 6 aliphatic rings. The molecule has 6 fully saturated rings. The maximum absolute atomic E-state index is 12.4. The number of aliphatic hydroxyl groups is 4. The summed E-state index contributed by atoms with van der Waals surface area (Å²) in [6, 6.07) is 0.000214. The Balaban J connectivity index is 1.64. The van der Waals surface area contributed by atoms with Crippen LogP contribution in [0.4, 0.5) is 0 Å². The SMILES string of the molecule is CCN1C[C@]2(CO)CC[C@H](O)[C@]34C1[C@H]([C@@H](OC)[C@H]23)[C@@]1(O)C[C@H](OC)[C@H]2C[C@@H]4[C@@H]1[C@H]2O. The summed E-state index contributed by atoms with van der Waals surface area (Å²) in [5.74, 6) is -0.480. The lowest BCUT2D eigenvalue weighted by Crippen LogP contribution is -2.76. The number of rotatable bonds is 4. The second-order valence-electron chi connectivity index (χ2n) is 11.3. The van der Waals surface area contributed by atoms with Gasteiger partial charge in [-0.2, -0.15) is 0 Å². The van der Waals surface area contributed by atoms with E-state index in [0.29, 0.717) is 12.8 Å². The molecule has 0 amide bonds. The van der Waals surface area contributed by atoms with Crippen molar-refractivity contribution < 1.29 is 29.9 Å². The van der Waals surface area contributed by atoms with Crippen molar-refractivity contribution in [2.45, 2.75) is 68.7 Å². The maximum Gasteiger partial charge on any atom is 0.0796 e. The summed E-state index contributed by atoms with van der Waals surface area (Å²) in [6.07, 6.45) is 1.16. The van der Waals surface area contributed by atoms with Gasteiger partial charge in [0.15, 0.2) is 0 Å². The Bertz CT molecular complexity index is 736. The number of nitrogens with zero attached hydrogens (tertiary/aromatic N) is 1. The largest absolute Gasteiger partial charge is 0.396 e. The Kier molecular flexibility index (Phi) is 4.19. The molecule has 13 atom stereocenters. The van der Waals surface area contributed by atoms with Crippen LogP contribution in [0.15, 0.2) is 0 Å². The number of piperidine rings is 1. The summed E-state index contributed by atoms with van der Waals surface area (Å²) < 4.78 is 12.0. The first-order valence-electron chi connectivity index (χ1n) is 11.8. The van der Waals surface area contributed by atoms with Crippen LogP contribution in [0.3, 0.4) is 0 Å². The van der Waals surface area contributed by atoms with E-state index in [0.717, 1.165) is 25.9 Å². The maximum atomic E-state index is 12.4. The number of likely N-dealkylation sites (tertiary alicyclic amines) is 1. The number of aliphatic hydroxyl groups excluding tert-OH is 3. The predicted octanol–water partition coefficient (Wildman–Crippen LogP) is -0.152. The smallest absolute Gasteiger partial charge is 0.0796 e. The first-order chi connectivity index (χ1) is 14.4. The van der Waals surface area contributed by atoms with Gasteiger partial charge in [0.1, 0.15) is 0 Å². The molecule has 0 aromatic rings. The van der Waals surface area contributed by atoms with Gasteiger partial charge in [-0.3, -0.25) is 4.90 Å². The third-order valence-electron chi connectivity index (χ3n) is 11.0. The van der Waals surface area contributed by atoms with Gasteiger partial charge >= 0.3 is 0 Å². The molecule has 1 saturated heterocycles. The first kappa shape index (κ1) is 20.3. The van der Waals surface area contributed by atoms with Gasteiger partial charge in [0.2, 0.25) is 0 Å². The quantitative estimate of drug-likeness (QED) is 0.499. The van der Waals surface area contributed by atoms with Crippen molar-refractivity contribution in [1.29, 1.82) is 0 Å². The normalized spacial score (nSPS) is 63.3. The molecule has 1 spiro atoms. The molecule has 1 unspecified atom stereocenters. The van der Waals surface area contributed by atoms with Gasteiger partial charge in [0.25, 0.3) is 0 Å². The highest BCUT2D eigenvalue weighted by Gasteiger charge is 2.86. The number of ether oxygens (including phenoxy) is 2. The number of fused-ring (bicyclic) bond motifs is 2. The van der Waals surface area contributed by atoms with Crippen LogP contribution in [0, 0.1) is 40.4 Å². The second kappa shape index (κ2) is 6.19. The van der Waals surface area contributed by atoms with Crippen LogP contribution < -0.4 is 0 Å². The van der Waals surface area contributed by atoms with Gasteiger partial charge in [-0.1, -0.05) is 6.92 Å². The molecule has 1 heterocycles. The third kappa shape index (κ3) is 1.88. The van der Waals surface area contributed by atoms with E-state index in [1.54, 1.807) is 14.2 Å². The molecular weight excluding hydrogens is 386 g/mol. The van der Waals surface area contributed by atoms with Crippen LogP contribution in [0.5, 0.6) is 0 Å². The minimum atomic E-state index is -1.09. The summed E-state index contributed by atoms with van der Waals surface area (Å²) >= 11 is 0. The zero-order chi connectivity index (χ0) is 21.2. The van der Waals surface area contributed by atoms with E-state index in [1.807, 2.05) is 0 Å². The van der Waals surface area contributed by atoms with Gasteiger partial charge in [0, 0.05) is 67.7 Å². The average Bonchev–Trinajstić information content (AvgIpc) is 3.15. The molecule has 30 heavy (non-hydrogen) atoms. The highest BCUT2D eigenvalue weighted by atomic mass is 16.5. The second-order valence-corrected chi connectivity index (χ2v) is 11.3. The molecule has 5 aliphatic carbocycles. The van der Waals surface area contributed by atoms with Gasteiger partial charge in [-0.15, -0.1) is 0 Å². The van der Waals surface area contributed by atoms with Crippen LogP contribution in [-0.4, -0.2) is 95.3 Å². The van der Waals surface area contributed by atoms with E-state index in [-0.39, 0.29) is 59.9 Å². The summed E-state index contributed by atoms with van der Waals surface area (Å²) in [5, 5.41) is 46.2. The zero-order valence-electron chi connectivity index (χ0n) is 18.3. The fourth-order valence-corrected chi connectivity index (χ4v) is 10.4. The molecule has 7 heteroatoms. The molecule has 4 N–H and O–H groups in total. The van der Waals surface area contributed by atoms with E-state index in [9.17, 15) is 20.4 Å². The zero-order valence-corrected chi connectivity index (χ0v) is 18.3. The van der Waals surface area contributed by atoms with E-state index in [2.05, 4.69) is 11.8 Å². The lowest BCUT2D eigenvalue weighted by atomic mass is 9.43. The number of methoxy groups -OCH3 is 2. The van der Waals surface area contributed by atoms with Crippen molar-refractivity contribution in [3.8, 4) is 0 Å². The standard InChI is InChI=1S/C23H37NO6/c1-4-24-9-21(10-25)6-5-14(26)23-12-7-11-13(29-2)8-22(28,15(12)17(11)27)16(20(23)24)18(30-3)19(21)23/h11-20,25-28H,4-10H2,1-3H3/t11-,12-,13+,14+,15-,16+,17+,18-,19-,20?,21+,22-,23+/m1/s1. The van der Waals surface area contributed by atoms with Crippen molar-refractivity contribution in [2.24, 2.45) is 40.4 Å². The fraction of sp³-hybridized carbons (Fsp3) is 1.00. The van der Waals surface area contributed by atoms with Crippen LogP contribution >= 0.6 is 0 Å². The minimum absolute atomic E-state index is 0.000214. The van der Waals surface area contributed by atoms with Crippen molar-refractivity contribution in [3.05, 3.63) is 0 Å². The van der Waals surface area contributed by atoms with Crippen molar-refractivity contribution in [2.75, 3.05) is 33.9 Å². The van der Waals surface area contributed by atoms with E-state index >= 15 is 0 Å². The Morgan fingerprint density at radius 3 is 2.53 bits per heavy atom. The molecule has 5 saturated carbocycles. The lowest BCUT2D eigenvalue weighted by molar-refractivity contribution is -0.271. The highest BCUT2D eigenvalue weighted by molar-refractivity contribution is 5.35. The molecule has 0 aromatic carbocycles. The fourth-order valence-electron chi connectivity index (χ4n) is 10.4. The van der Waals surface area contributed by atoms with Crippen LogP contribution in [0.1, 0.15) is 32.6 Å². The Labute approximate surface area is 178 Å². The van der Waals surface area contributed by atoms with Crippen LogP contribution in [0.25, 0.3) is 0 Å². The Hall–Kier alpha value is -0.280. The predicted molar refractivity (Wildman–Crippen MR) is 107 cm³/mol. The summed E-state index contributed by atoms with van der Waals surface area (Å²) in [4.78, 5) is 2.42. The van der Waals surface area contributed by atoms with Gasteiger partial charge < -0.3 is 29.9 Å². The summed E-state index contributed by atoms with van der Waals surface area (Å²) in [6.45, 7) is 3.81. The lowest BCUT2D eigenvalue weighted by Gasteiger charge is -2.68. The molecule has 7 nitrogen and oxygen atoms in total. The Morgan fingerprint density at radius 2 is 1.90 bits per heavy atom. The molecule has 7 bridgehead atoms. The van der Waals surface area contributed by atoms with Gasteiger partial charge in [0.05, 0.1) is 36.6 Å². The van der Waals surface area contributed by atoms with Crippen LogP contribution in [-0.2, 0) is 9.47 Å². The molecule has 6 rings (SSSR count). The molecular formula is C23H37NO6. The third-order valence-corrected chi connectivity index (χ3v) is 11.0. The summed E-state index contributed by atoms with van der Waals surface area (Å²) in [5.41, 5.74) is -1.89. The van der Waals surface area contributed by atoms with E-state index in [1.165, 1.54) is 0 Å². The van der Waals surface area contributed by atoms with Crippen molar-refractivity contribution >= 4 is 0 Å². The summed E-state index contributed by atoms with van der Waals surface area (Å²) in [7, 11) is 3.40. The highest BCUT2D eigenvalue weighted by Crippen LogP contribution is 2.79. The van der Waals surface area contributed by atoms with E-state index < -0.39 is 23.2 Å². The Morgan fingerprint density at radius 1 is 1.13 bits per heavy atom. The van der Waals surface area contributed by atoms with Crippen molar-refractivity contribution in [3.63, 3.8) is 0 Å². The number of hydrogen-bond donors (Lipinski definition) is 4. The molecule has 0 aromatic heterocycles. The average molecular weight is 424 g/mol. The van der Waals surface area contributed by atoms with Gasteiger partial charge in [-0.05, 0) is 31.7 Å².